The third kappa shape index (κ3) is 6.48. The second-order valence-electron chi connectivity index (χ2n) is 14.9. The molecular weight excluding hydrogens is 582 g/mol. The van der Waals surface area contributed by atoms with Crippen molar-refractivity contribution in [2.75, 3.05) is 30.3 Å². The number of thiophene rings is 1. The van der Waals surface area contributed by atoms with Gasteiger partial charge in [0.05, 0.1) is 6.20 Å². The Morgan fingerprint density at radius 3 is 2.64 bits per heavy atom. The number of carbonyl (C=O) groups is 1. The Morgan fingerprint density at radius 2 is 1.91 bits per heavy atom. The first-order valence-corrected chi connectivity index (χ1v) is 17.5. The summed E-state index contributed by atoms with van der Waals surface area (Å²) in [6, 6.07) is 11.8. The lowest BCUT2D eigenvalue weighted by Gasteiger charge is -2.61. The van der Waals surface area contributed by atoms with Crippen LogP contribution in [0.3, 0.4) is 0 Å². The van der Waals surface area contributed by atoms with Crippen LogP contribution in [0.2, 0.25) is 0 Å². The zero-order valence-corrected chi connectivity index (χ0v) is 27.5. The van der Waals surface area contributed by atoms with E-state index in [0.29, 0.717) is 47.8 Å². The van der Waals surface area contributed by atoms with Gasteiger partial charge in [0, 0.05) is 43.0 Å². The number of amides is 1. The van der Waals surface area contributed by atoms with Gasteiger partial charge in [-0.15, -0.1) is 11.3 Å². The number of piperidine rings is 1. The van der Waals surface area contributed by atoms with E-state index >= 15 is 0 Å². The van der Waals surface area contributed by atoms with E-state index in [9.17, 15) is 10.1 Å². The minimum atomic E-state index is -0.458. The molecule has 0 spiro atoms. The van der Waals surface area contributed by atoms with Gasteiger partial charge >= 0.3 is 6.09 Å². The molecule has 3 N–H and O–H groups in total. The lowest BCUT2D eigenvalue weighted by atomic mass is 9.48. The van der Waals surface area contributed by atoms with Gasteiger partial charge in [-0.1, -0.05) is 18.2 Å². The van der Waals surface area contributed by atoms with E-state index in [1.54, 1.807) is 17.5 Å². The molecule has 2 aromatic heterocycles. The van der Waals surface area contributed by atoms with Crippen LogP contribution < -0.4 is 16.0 Å². The van der Waals surface area contributed by atoms with Gasteiger partial charge in [-0.05, 0) is 111 Å². The Morgan fingerprint density at radius 1 is 1.13 bits per heavy atom. The molecule has 1 saturated heterocycles. The Balaban J connectivity index is 0.959. The van der Waals surface area contributed by atoms with Crippen LogP contribution in [0.1, 0.15) is 76.8 Å². The Bertz CT molecular complexity index is 1570. The highest BCUT2D eigenvalue weighted by Gasteiger charge is 2.55. The van der Waals surface area contributed by atoms with Crippen LogP contribution in [-0.4, -0.2) is 58.3 Å². The zero-order valence-electron chi connectivity index (χ0n) is 26.6. The van der Waals surface area contributed by atoms with Gasteiger partial charge in [-0.2, -0.15) is 10.2 Å². The summed E-state index contributed by atoms with van der Waals surface area (Å²) in [6.07, 6.45) is 9.72. The third-order valence-electron chi connectivity index (χ3n) is 10.5. The predicted molar refractivity (Wildman–Crippen MR) is 178 cm³/mol. The number of anilines is 2. The predicted octanol–water partition coefficient (Wildman–Crippen LogP) is 6.77. The van der Waals surface area contributed by atoms with Crippen molar-refractivity contribution in [1.82, 2.24) is 20.2 Å². The first-order chi connectivity index (χ1) is 21.7. The van der Waals surface area contributed by atoms with Crippen molar-refractivity contribution in [2.24, 2.45) is 23.2 Å². The largest absolute Gasteiger partial charge is 0.444 e. The van der Waals surface area contributed by atoms with Crippen molar-refractivity contribution in [3.05, 3.63) is 47.0 Å². The zero-order chi connectivity index (χ0) is 31.2. The highest BCUT2D eigenvalue weighted by Crippen LogP contribution is 2.60. The lowest BCUT2D eigenvalue weighted by Crippen LogP contribution is -2.62. The minimum Gasteiger partial charge on any atom is -0.444 e. The number of benzene rings is 1. The van der Waals surface area contributed by atoms with Gasteiger partial charge < -0.3 is 25.6 Å². The number of hydrogen-bond donors (Lipinski definition) is 3. The fourth-order valence-electron chi connectivity index (χ4n) is 8.83. The Kier molecular flexibility index (Phi) is 8.11. The molecule has 4 saturated carbocycles. The third-order valence-corrected chi connectivity index (χ3v) is 11.5. The van der Waals surface area contributed by atoms with E-state index in [2.05, 4.69) is 56.6 Å². The number of nitrogens with zero attached hydrogens (tertiary/aromatic N) is 4. The van der Waals surface area contributed by atoms with Crippen molar-refractivity contribution in [3.63, 3.8) is 0 Å². The topological polar surface area (TPSA) is 115 Å². The number of nitrogens with one attached hydrogen (secondary N) is 3. The fourth-order valence-corrected chi connectivity index (χ4v) is 9.75. The molecule has 0 radical (unpaired) electrons. The lowest BCUT2D eigenvalue weighted by molar-refractivity contribution is -0.0735. The molecule has 1 aliphatic heterocycles. The number of rotatable bonds is 8. The molecule has 5 aliphatic rings. The van der Waals surface area contributed by atoms with Gasteiger partial charge in [-0.3, -0.25) is 0 Å². The van der Waals surface area contributed by atoms with Crippen LogP contribution in [0.4, 0.5) is 16.6 Å². The van der Waals surface area contributed by atoms with Crippen LogP contribution >= 0.6 is 11.3 Å². The number of nitriles is 1. The maximum Gasteiger partial charge on any atom is 0.410 e. The van der Waals surface area contributed by atoms with Crippen molar-refractivity contribution in [3.8, 4) is 6.07 Å². The molecule has 1 amide bonds. The second kappa shape index (κ2) is 12.1. The number of ether oxygens (including phenoxy) is 1. The van der Waals surface area contributed by atoms with E-state index in [-0.39, 0.29) is 11.5 Å². The normalized spacial score (nSPS) is 27.8. The highest BCUT2D eigenvalue weighted by molar-refractivity contribution is 7.17. The molecule has 8 rings (SSSR count). The van der Waals surface area contributed by atoms with Crippen molar-refractivity contribution in [1.29, 1.82) is 5.26 Å². The fraction of sp³-hybridized carbons (Fsp3) is 0.600. The molecule has 238 valence electrons. The van der Waals surface area contributed by atoms with Crippen molar-refractivity contribution >= 4 is 39.3 Å². The van der Waals surface area contributed by atoms with Crippen LogP contribution in [0.15, 0.2) is 35.8 Å². The van der Waals surface area contributed by atoms with Gasteiger partial charge in [0.1, 0.15) is 23.1 Å². The van der Waals surface area contributed by atoms with Crippen LogP contribution in [0, 0.1) is 34.5 Å². The number of hydrogen-bond acceptors (Lipinski definition) is 9. The van der Waals surface area contributed by atoms with Gasteiger partial charge in [0.15, 0.2) is 0 Å². The van der Waals surface area contributed by atoms with E-state index < -0.39 is 5.60 Å². The smallest absolute Gasteiger partial charge is 0.410 e. The van der Waals surface area contributed by atoms with E-state index in [1.807, 2.05) is 25.7 Å². The summed E-state index contributed by atoms with van der Waals surface area (Å²) in [5.41, 5.74) is 1.49. The number of aromatic nitrogens is 2. The first-order valence-electron chi connectivity index (χ1n) is 16.6. The Labute approximate surface area is 270 Å². The molecule has 3 unspecified atom stereocenters. The SMILES string of the molecule is CC(C)(C)OC(=O)N1CCC(NC2[C@@H]3CC4C[C@H]2CC(CNc2nc(NCc5cccc6ccsc56)ncc2C#N)(C4)C3)CC1. The summed E-state index contributed by atoms with van der Waals surface area (Å²) in [5.74, 6) is 3.32. The summed E-state index contributed by atoms with van der Waals surface area (Å²) in [6.45, 7) is 8.76. The average Bonchev–Trinajstić information content (AvgIpc) is 3.50. The summed E-state index contributed by atoms with van der Waals surface area (Å²) in [5, 5.41) is 24.3. The molecule has 10 heteroatoms. The van der Waals surface area contributed by atoms with Crippen LogP contribution in [0.5, 0.6) is 0 Å². The van der Waals surface area contributed by atoms with Crippen molar-refractivity contribution < 1.29 is 9.53 Å². The van der Waals surface area contributed by atoms with Crippen molar-refractivity contribution in [2.45, 2.75) is 89.9 Å². The molecule has 3 aromatic rings. The standard InChI is InChI=1S/C35H45N7O2S/c1-34(2,3)44-33(43)42-10-7-28(8-11-42)40-29-25-13-22-14-26(29)17-35(15-22,16-25)21-39-31-27(18-36)20-38-32(41-31)37-19-24-6-4-5-23-9-12-45-30(23)24/h4-6,9,12,20,22,25-26,28-29,40H,7-8,10-11,13-17,19,21H2,1-3H3,(H2,37,38,39,41)/t22?,25-,26+,29?,35?. The summed E-state index contributed by atoms with van der Waals surface area (Å²) in [7, 11) is 0. The molecule has 9 nitrogen and oxygen atoms in total. The van der Waals surface area contributed by atoms with Gasteiger partial charge in [-0.25, -0.2) is 9.78 Å². The molecule has 45 heavy (non-hydrogen) atoms. The highest BCUT2D eigenvalue weighted by atomic mass is 32.1. The maximum absolute atomic E-state index is 12.5. The molecular formula is C35H45N7O2S. The average molecular weight is 628 g/mol. The van der Waals surface area contributed by atoms with E-state index in [4.69, 9.17) is 9.72 Å². The minimum absolute atomic E-state index is 0.188. The van der Waals surface area contributed by atoms with Crippen LogP contribution in [-0.2, 0) is 11.3 Å². The molecule has 4 bridgehead atoms. The number of fused-ring (bicyclic) bond motifs is 1. The number of likely N-dealkylation sites (tertiary alicyclic amines) is 1. The Hall–Kier alpha value is -3.42. The van der Waals surface area contributed by atoms with Crippen LogP contribution in [0.25, 0.3) is 10.1 Å². The molecule has 1 aromatic carbocycles. The monoisotopic (exact) mass is 627 g/mol. The van der Waals surface area contributed by atoms with E-state index in [1.165, 1.54) is 47.8 Å². The summed E-state index contributed by atoms with van der Waals surface area (Å²) >= 11 is 1.75. The van der Waals surface area contributed by atoms with Gasteiger partial charge in [0.25, 0.3) is 0 Å². The molecule has 4 aliphatic carbocycles. The van der Waals surface area contributed by atoms with E-state index in [0.717, 1.165) is 38.4 Å². The summed E-state index contributed by atoms with van der Waals surface area (Å²) in [4.78, 5) is 23.6. The molecule has 5 atom stereocenters. The number of carbonyl (C=O) groups excluding carboxylic acids is 1. The molecule has 3 heterocycles. The molecule has 5 fully saturated rings. The second-order valence-corrected chi connectivity index (χ2v) is 15.9. The first kappa shape index (κ1) is 30.2. The van der Waals surface area contributed by atoms with Gasteiger partial charge in [0.2, 0.25) is 5.95 Å². The quantitative estimate of drug-likeness (QED) is 0.251. The summed E-state index contributed by atoms with van der Waals surface area (Å²) < 4.78 is 6.88. The maximum atomic E-state index is 12.5.